The van der Waals surface area contributed by atoms with Gasteiger partial charge in [0.2, 0.25) is 11.8 Å². The van der Waals surface area contributed by atoms with E-state index in [1.54, 1.807) is 4.90 Å². The van der Waals surface area contributed by atoms with Crippen LogP contribution in [-0.4, -0.2) is 60.8 Å². The summed E-state index contributed by atoms with van der Waals surface area (Å²) < 4.78 is 5.35. The number of ether oxygens (including phenoxy) is 1. The molecule has 1 aliphatic heterocycles. The van der Waals surface area contributed by atoms with E-state index in [-0.39, 0.29) is 30.9 Å². The van der Waals surface area contributed by atoms with Crippen LogP contribution in [0.4, 0.5) is 0 Å². The molecule has 1 aromatic carbocycles. The van der Waals surface area contributed by atoms with Crippen molar-refractivity contribution in [2.24, 2.45) is 0 Å². The van der Waals surface area contributed by atoms with Crippen LogP contribution in [0.1, 0.15) is 18.4 Å². The van der Waals surface area contributed by atoms with Crippen LogP contribution in [0.2, 0.25) is 0 Å². The second kappa shape index (κ2) is 9.27. The molecule has 0 spiro atoms. The zero-order valence-electron chi connectivity index (χ0n) is 13.2. The number of benzene rings is 1. The Hall–Kier alpha value is -1.92. The Kier molecular flexibility index (Phi) is 7.03. The SMILES string of the molecule is O=C(Cc1ccccc1)NCCC(=O)N1CCOC[C@@H]1CCO. The molecular weight excluding hydrogens is 296 g/mol. The highest BCUT2D eigenvalue weighted by Gasteiger charge is 2.26. The zero-order chi connectivity index (χ0) is 16.5. The van der Waals surface area contributed by atoms with E-state index in [4.69, 9.17) is 9.84 Å². The Labute approximate surface area is 136 Å². The summed E-state index contributed by atoms with van der Waals surface area (Å²) in [5, 5.41) is 11.8. The van der Waals surface area contributed by atoms with E-state index in [0.717, 1.165) is 5.56 Å². The van der Waals surface area contributed by atoms with Gasteiger partial charge in [0.15, 0.2) is 0 Å². The Morgan fingerprint density at radius 3 is 2.83 bits per heavy atom. The van der Waals surface area contributed by atoms with Crippen molar-refractivity contribution in [3.63, 3.8) is 0 Å². The van der Waals surface area contributed by atoms with Crippen molar-refractivity contribution in [2.45, 2.75) is 25.3 Å². The molecule has 0 bridgehead atoms. The number of aliphatic hydroxyl groups is 1. The quantitative estimate of drug-likeness (QED) is 0.760. The van der Waals surface area contributed by atoms with Crippen LogP contribution in [0.25, 0.3) is 0 Å². The second-order valence-electron chi connectivity index (χ2n) is 5.59. The molecule has 1 heterocycles. The van der Waals surface area contributed by atoms with Crippen molar-refractivity contribution >= 4 is 11.8 Å². The first kappa shape index (κ1) is 17.4. The van der Waals surface area contributed by atoms with Crippen molar-refractivity contribution in [1.82, 2.24) is 10.2 Å². The van der Waals surface area contributed by atoms with Crippen LogP contribution >= 0.6 is 0 Å². The summed E-state index contributed by atoms with van der Waals surface area (Å²) in [5.41, 5.74) is 0.951. The first-order valence-electron chi connectivity index (χ1n) is 7.99. The van der Waals surface area contributed by atoms with Gasteiger partial charge in [-0.25, -0.2) is 0 Å². The fourth-order valence-electron chi connectivity index (χ4n) is 2.67. The first-order chi connectivity index (χ1) is 11.2. The number of nitrogens with zero attached hydrogens (tertiary/aromatic N) is 1. The van der Waals surface area contributed by atoms with Crippen LogP contribution in [0.15, 0.2) is 30.3 Å². The first-order valence-corrected chi connectivity index (χ1v) is 7.99. The lowest BCUT2D eigenvalue weighted by atomic mass is 10.1. The Bertz CT molecular complexity index is 505. The van der Waals surface area contributed by atoms with E-state index in [9.17, 15) is 9.59 Å². The molecule has 6 heteroatoms. The number of rotatable bonds is 7. The predicted octanol–water partition coefficient (Wildman–Crippen LogP) is 0.345. The van der Waals surface area contributed by atoms with Gasteiger partial charge in [-0.3, -0.25) is 9.59 Å². The monoisotopic (exact) mass is 320 g/mol. The van der Waals surface area contributed by atoms with E-state index < -0.39 is 0 Å². The van der Waals surface area contributed by atoms with Crippen molar-refractivity contribution < 1.29 is 19.4 Å². The van der Waals surface area contributed by atoms with Gasteiger partial charge in [0.1, 0.15) is 0 Å². The third-order valence-corrected chi connectivity index (χ3v) is 3.88. The number of hydrogen-bond donors (Lipinski definition) is 2. The maximum atomic E-state index is 12.3. The molecule has 0 saturated carbocycles. The third kappa shape index (κ3) is 5.65. The van der Waals surface area contributed by atoms with Crippen molar-refractivity contribution in [1.29, 1.82) is 0 Å². The molecule has 1 aliphatic rings. The molecule has 1 atom stereocenters. The summed E-state index contributed by atoms with van der Waals surface area (Å²) in [6.07, 6.45) is 1.11. The van der Waals surface area contributed by atoms with Gasteiger partial charge in [-0.2, -0.15) is 0 Å². The molecule has 0 aliphatic carbocycles. The molecule has 2 N–H and O–H groups in total. The zero-order valence-corrected chi connectivity index (χ0v) is 13.2. The maximum Gasteiger partial charge on any atom is 0.224 e. The minimum Gasteiger partial charge on any atom is -0.396 e. The molecule has 1 saturated heterocycles. The minimum atomic E-state index is -0.0853. The van der Waals surface area contributed by atoms with Crippen LogP contribution < -0.4 is 5.32 Å². The van der Waals surface area contributed by atoms with E-state index in [0.29, 0.717) is 39.1 Å². The lowest BCUT2D eigenvalue weighted by Gasteiger charge is -2.35. The Morgan fingerprint density at radius 1 is 1.30 bits per heavy atom. The van der Waals surface area contributed by atoms with Gasteiger partial charge < -0.3 is 20.1 Å². The highest BCUT2D eigenvalue weighted by Crippen LogP contribution is 2.11. The number of carbonyl (C=O) groups excluding carboxylic acids is 2. The van der Waals surface area contributed by atoms with Gasteiger partial charge in [0, 0.05) is 26.1 Å². The van der Waals surface area contributed by atoms with Gasteiger partial charge in [-0.05, 0) is 12.0 Å². The van der Waals surface area contributed by atoms with Crippen LogP contribution in [-0.2, 0) is 20.7 Å². The standard InChI is InChI=1S/C17H24N2O4/c20-10-7-15-13-23-11-9-19(15)17(22)6-8-18-16(21)12-14-4-2-1-3-5-14/h1-5,15,20H,6-13H2,(H,18,21)/t15-/m0/s1. The number of carbonyl (C=O) groups is 2. The van der Waals surface area contributed by atoms with Gasteiger partial charge >= 0.3 is 0 Å². The largest absolute Gasteiger partial charge is 0.396 e. The van der Waals surface area contributed by atoms with Crippen molar-refractivity contribution in [2.75, 3.05) is 32.9 Å². The van der Waals surface area contributed by atoms with Crippen LogP contribution in [0, 0.1) is 0 Å². The van der Waals surface area contributed by atoms with Crippen LogP contribution in [0.3, 0.4) is 0 Å². The molecule has 126 valence electrons. The summed E-state index contributed by atoms with van der Waals surface area (Å²) in [6.45, 7) is 1.89. The minimum absolute atomic E-state index is 0.00763. The summed E-state index contributed by atoms with van der Waals surface area (Å²) in [4.78, 5) is 25.9. The Morgan fingerprint density at radius 2 is 2.09 bits per heavy atom. The lowest BCUT2D eigenvalue weighted by Crippen LogP contribution is -2.49. The molecule has 23 heavy (non-hydrogen) atoms. The highest BCUT2D eigenvalue weighted by molar-refractivity contribution is 5.80. The number of nitrogens with one attached hydrogen (secondary N) is 1. The van der Waals surface area contributed by atoms with Gasteiger partial charge in [-0.15, -0.1) is 0 Å². The van der Waals surface area contributed by atoms with E-state index in [1.165, 1.54) is 0 Å². The molecular formula is C17H24N2O4. The number of amides is 2. The predicted molar refractivity (Wildman–Crippen MR) is 85.8 cm³/mol. The summed E-state index contributed by atoms with van der Waals surface area (Å²) in [5.74, 6) is -0.0929. The number of aliphatic hydroxyl groups excluding tert-OH is 1. The topological polar surface area (TPSA) is 78.9 Å². The van der Waals surface area contributed by atoms with Crippen LogP contribution in [0.5, 0.6) is 0 Å². The molecule has 0 unspecified atom stereocenters. The molecule has 0 aromatic heterocycles. The molecule has 2 amide bonds. The Balaban J connectivity index is 1.72. The average Bonchev–Trinajstić information content (AvgIpc) is 2.56. The molecule has 1 fully saturated rings. The third-order valence-electron chi connectivity index (χ3n) is 3.88. The van der Waals surface area contributed by atoms with E-state index in [1.807, 2.05) is 30.3 Å². The second-order valence-corrected chi connectivity index (χ2v) is 5.59. The molecule has 1 aromatic rings. The van der Waals surface area contributed by atoms with E-state index >= 15 is 0 Å². The average molecular weight is 320 g/mol. The lowest BCUT2D eigenvalue weighted by molar-refractivity contribution is -0.140. The van der Waals surface area contributed by atoms with Gasteiger partial charge in [0.05, 0.1) is 25.7 Å². The fraction of sp³-hybridized carbons (Fsp3) is 0.529. The summed E-state index contributed by atoms with van der Waals surface area (Å²) >= 11 is 0. The molecule has 6 nitrogen and oxygen atoms in total. The molecule has 0 radical (unpaired) electrons. The smallest absolute Gasteiger partial charge is 0.224 e. The van der Waals surface area contributed by atoms with Crippen molar-refractivity contribution in [3.8, 4) is 0 Å². The fourth-order valence-corrected chi connectivity index (χ4v) is 2.67. The number of hydrogen-bond acceptors (Lipinski definition) is 4. The summed E-state index contributed by atoms with van der Waals surface area (Å²) in [7, 11) is 0. The normalized spacial score (nSPS) is 17.8. The highest BCUT2D eigenvalue weighted by atomic mass is 16.5. The molecule has 2 rings (SSSR count). The van der Waals surface area contributed by atoms with Gasteiger partial charge in [-0.1, -0.05) is 30.3 Å². The van der Waals surface area contributed by atoms with Gasteiger partial charge in [0.25, 0.3) is 0 Å². The maximum absolute atomic E-state index is 12.3. The number of morpholine rings is 1. The van der Waals surface area contributed by atoms with E-state index in [2.05, 4.69) is 5.32 Å². The summed E-state index contributed by atoms with van der Waals surface area (Å²) in [6, 6.07) is 9.43. The van der Waals surface area contributed by atoms with Crippen molar-refractivity contribution in [3.05, 3.63) is 35.9 Å².